The summed E-state index contributed by atoms with van der Waals surface area (Å²) in [5.74, 6) is -0.215. The molecule has 1 aromatic rings. The minimum atomic E-state index is -0.726. The highest BCUT2D eigenvalue weighted by Crippen LogP contribution is 2.26. The smallest absolute Gasteiger partial charge is 0.321 e. The highest BCUT2D eigenvalue weighted by atomic mass is 32.2. The van der Waals surface area contributed by atoms with Gasteiger partial charge in [0.1, 0.15) is 4.75 Å². The summed E-state index contributed by atoms with van der Waals surface area (Å²) in [6.07, 6.45) is 0. The number of carbonyl (C=O) groups is 2. The molecule has 0 unspecified atom stereocenters. The van der Waals surface area contributed by atoms with Gasteiger partial charge in [0.05, 0.1) is 12.4 Å². The highest BCUT2D eigenvalue weighted by molar-refractivity contribution is 8.02. The number of hydrogen-bond acceptors (Lipinski definition) is 4. The second-order valence-corrected chi connectivity index (χ2v) is 6.96. The Balaban J connectivity index is 2.54. The lowest BCUT2D eigenvalue weighted by molar-refractivity contribution is -0.145. The second-order valence-electron chi connectivity index (χ2n) is 5.37. The third-order valence-corrected chi connectivity index (χ3v) is 4.42. The van der Waals surface area contributed by atoms with Crippen LogP contribution in [-0.4, -0.2) is 29.0 Å². The molecule has 0 saturated carbocycles. The van der Waals surface area contributed by atoms with Crippen molar-refractivity contribution in [3.8, 4) is 0 Å². The summed E-state index contributed by atoms with van der Waals surface area (Å²) in [6, 6.07) is 5.79. The predicted molar refractivity (Wildman–Crippen MR) is 87.7 cm³/mol. The molecule has 1 amide bonds. The number of aryl methyl sites for hydroxylation is 2. The Labute approximate surface area is 130 Å². The molecule has 1 rings (SSSR count). The molecular formula is C16H23NO3S. The van der Waals surface area contributed by atoms with E-state index >= 15 is 0 Å². The Bertz CT molecular complexity index is 526. The Morgan fingerprint density at radius 2 is 1.90 bits per heavy atom. The Kier molecular flexibility index (Phi) is 6.27. The number of thioether (sulfide) groups is 1. The van der Waals surface area contributed by atoms with Gasteiger partial charge >= 0.3 is 5.97 Å². The van der Waals surface area contributed by atoms with Crippen LogP contribution in [0.3, 0.4) is 0 Å². The summed E-state index contributed by atoms with van der Waals surface area (Å²) >= 11 is 1.27. The van der Waals surface area contributed by atoms with Crippen LogP contribution >= 0.6 is 11.8 Å². The lowest BCUT2D eigenvalue weighted by Gasteiger charge is -2.21. The van der Waals surface area contributed by atoms with Crippen molar-refractivity contribution in [2.75, 3.05) is 17.7 Å². The minimum Gasteiger partial charge on any atom is -0.465 e. The summed E-state index contributed by atoms with van der Waals surface area (Å²) in [4.78, 5) is 23.7. The fourth-order valence-corrected chi connectivity index (χ4v) is 2.37. The van der Waals surface area contributed by atoms with E-state index in [0.717, 1.165) is 11.3 Å². The van der Waals surface area contributed by atoms with Gasteiger partial charge in [-0.2, -0.15) is 0 Å². The van der Waals surface area contributed by atoms with E-state index < -0.39 is 4.75 Å². The van der Waals surface area contributed by atoms with E-state index in [0.29, 0.717) is 6.61 Å². The molecule has 116 valence electrons. The van der Waals surface area contributed by atoms with Gasteiger partial charge in [0.15, 0.2) is 0 Å². The van der Waals surface area contributed by atoms with E-state index in [-0.39, 0.29) is 17.6 Å². The number of esters is 1. The molecule has 4 nitrogen and oxygen atoms in total. The standard InChI is InChI=1S/C16H23NO3S/c1-6-20-15(19)16(4,5)21-10-14(18)17-13-8-7-11(2)12(3)9-13/h7-9H,6,10H2,1-5H3,(H,17,18). The van der Waals surface area contributed by atoms with Crippen LogP contribution < -0.4 is 5.32 Å². The van der Waals surface area contributed by atoms with E-state index in [1.54, 1.807) is 20.8 Å². The lowest BCUT2D eigenvalue weighted by atomic mass is 10.1. The van der Waals surface area contributed by atoms with Crippen LogP contribution in [0, 0.1) is 13.8 Å². The minimum absolute atomic E-state index is 0.124. The zero-order valence-corrected chi connectivity index (χ0v) is 14.1. The van der Waals surface area contributed by atoms with Crippen molar-refractivity contribution in [2.24, 2.45) is 0 Å². The van der Waals surface area contributed by atoms with Crippen molar-refractivity contribution in [3.05, 3.63) is 29.3 Å². The Morgan fingerprint density at radius 3 is 2.48 bits per heavy atom. The van der Waals surface area contributed by atoms with Gasteiger partial charge in [0.25, 0.3) is 0 Å². The van der Waals surface area contributed by atoms with Crippen LogP contribution in [0.4, 0.5) is 5.69 Å². The SMILES string of the molecule is CCOC(=O)C(C)(C)SCC(=O)Nc1ccc(C)c(C)c1. The molecule has 21 heavy (non-hydrogen) atoms. The van der Waals surface area contributed by atoms with Crippen molar-refractivity contribution >= 4 is 29.3 Å². The number of amides is 1. The highest BCUT2D eigenvalue weighted by Gasteiger charge is 2.30. The maximum absolute atomic E-state index is 12.0. The van der Waals surface area contributed by atoms with Crippen LogP contribution in [0.25, 0.3) is 0 Å². The van der Waals surface area contributed by atoms with Crippen molar-refractivity contribution < 1.29 is 14.3 Å². The number of carbonyl (C=O) groups excluding carboxylic acids is 2. The third kappa shape index (κ3) is 5.42. The zero-order chi connectivity index (χ0) is 16.0. The van der Waals surface area contributed by atoms with Crippen LogP contribution in [0.5, 0.6) is 0 Å². The summed E-state index contributed by atoms with van der Waals surface area (Å²) in [6.45, 7) is 9.67. The number of anilines is 1. The largest absolute Gasteiger partial charge is 0.465 e. The fourth-order valence-electron chi connectivity index (χ4n) is 1.63. The van der Waals surface area contributed by atoms with Gasteiger partial charge in [-0.15, -0.1) is 11.8 Å². The topological polar surface area (TPSA) is 55.4 Å². The molecule has 0 aliphatic rings. The second kappa shape index (κ2) is 7.50. The van der Waals surface area contributed by atoms with Crippen molar-refractivity contribution in [1.29, 1.82) is 0 Å². The van der Waals surface area contributed by atoms with Gasteiger partial charge in [0.2, 0.25) is 5.91 Å². The van der Waals surface area contributed by atoms with Crippen LogP contribution in [0.15, 0.2) is 18.2 Å². The molecule has 1 aromatic carbocycles. The monoisotopic (exact) mass is 309 g/mol. The predicted octanol–water partition coefficient (Wildman–Crippen LogP) is 3.32. The average Bonchev–Trinajstić information content (AvgIpc) is 2.41. The number of rotatable bonds is 6. The van der Waals surface area contributed by atoms with Crippen molar-refractivity contribution in [3.63, 3.8) is 0 Å². The number of hydrogen-bond donors (Lipinski definition) is 1. The molecule has 1 N–H and O–H groups in total. The molecular weight excluding hydrogens is 286 g/mol. The molecule has 0 spiro atoms. The first kappa shape index (κ1) is 17.6. The maximum Gasteiger partial charge on any atom is 0.321 e. The van der Waals surface area contributed by atoms with Gasteiger partial charge in [-0.3, -0.25) is 9.59 Å². The molecule has 0 atom stereocenters. The molecule has 0 fully saturated rings. The molecule has 0 heterocycles. The van der Waals surface area contributed by atoms with E-state index in [1.165, 1.54) is 17.3 Å². The fraction of sp³-hybridized carbons (Fsp3) is 0.500. The summed E-state index contributed by atoms with van der Waals surface area (Å²) in [5.41, 5.74) is 3.09. The number of nitrogens with one attached hydrogen (secondary N) is 1. The number of ether oxygens (including phenoxy) is 1. The molecule has 0 saturated heterocycles. The Hall–Kier alpha value is -1.49. The average molecular weight is 309 g/mol. The molecule has 0 radical (unpaired) electrons. The van der Waals surface area contributed by atoms with Crippen molar-refractivity contribution in [1.82, 2.24) is 0 Å². The first-order chi connectivity index (χ1) is 9.76. The van der Waals surface area contributed by atoms with Crippen LogP contribution in [-0.2, 0) is 14.3 Å². The normalized spacial score (nSPS) is 11.1. The number of benzene rings is 1. The van der Waals surface area contributed by atoms with Gasteiger partial charge in [0, 0.05) is 5.69 Å². The van der Waals surface area contributed by atoms with Gasteiger partial charge in [-0.05, 0) is 57.9 Å². The third-order valence-electron chi connectivity index (χ3n) is 3.12. The summed E-state index contributed by atoms with van der Waals surface area (Å²) in [7, 11) is 0. The molecule has 0 aliphatic carbocycles. The van der Waals surface area contributed by atoms with E-state index in [4.69, 9.17) is 4.74 Å². The van der Waals surface area contributed by atoms with E-state index in [1.807, 2.05) is 32.0 Å². The van der Waals surface area contributed by atoms with E-state index in [2.05, 4.69) is 5.32 Å². The first-order valence-electron chi connectivity index (χ1n) is 6.94. The summed E-state index contributed by atoms with van der Waals surface area (Å²) in [5, 5.41) is 2.84. The van der Waals surface area contributed by atoms with Gasteiger partial charge in [-0.1, -0.05) is 6.07 Å². The van der Waals surface area contributed by atoms with E-state index in [9.17, 15) is 9.59 Å². The van der Waals surface area contributed by atoms with Gasteiger partial charge < -0.3 is 10.1 Å². The van der Waals surface area contributed by atoms with Gasteiger partial charge in [-0.25, -0.2) is 0 Å². The zero-order valence-electron chi connectivity index (χ0n) is 13.3. The Morgan fingerprint density at radius 1 is 1.24 bits per heavy atom. The first-order valence-corrected chi connectivity index (χ1v) is 7.93. The van der Waals surface area contributed by atoms with Crippen LogP contribution in [0.2, 0.25) is 0 Å². The van der Waals surface area contributed by atoms with Crippen LogP contribution in [0.1, 0.15) is 31.9 Å². The van der Waals surface area contributed by atoms with Crippen molar-refractivity contribution in [2.45, 2.75) is 39.4 Å². The molecule has 0 aromatic heterocycles. The maximum atomic E-state index is 12.0. The lowest BCUT2D eigenvalue weighted by Crippen LogP contribution is -2.32. The summed E-state index contributed by atoms with van der Waals surface area (Å²) < 4.78 is 4.27. The quantitative estimate of drug-likeness (QED) is 0.819. The molecule has 0 aliphatic heterocycles. The molecule has 0 bridgehead atoms. The molecule has 5 heteroatoms.